The van der Waals surface area contributed by atoms with E-state index < -0.39 is 5.97 Å². The zero-order chi connectivity index (χ0) is 20.1. The number of nitrogens with zero attached hydrogens (tertiary/aromatic N) is 1. The lowest BCUT2D eigenvalue weighted by Crippen LogP contribution is -2.44. The Labute approximate surface area is 165 Å². The Kier molecular flexibility index (Phi) is 6.21. The Balaban J connectivity index is 1.46. The quantitative estimate of drug-likeness (QED) is 0.442. The predicted octanol–water partition coefficient (Wildman–Crippen LogP) is 2.34. The van der Waals surface area contributed by atoms with Crippen molar-refractivity contribution in [2.75, 3.05) is 24.5 Å². The van der Waals surface area contributed by atoms with Crippen LogP contribution in [0.25, 0.3) is 0 Å². The van der Waals surface area contributed by atoms with E-state index in [0.717, 1.165) is 57.2 Å². The minimum Gasteiger partial charge on any atom is -0.481 e. The van der Waals surface area contributed by atoms with Gasteiger partial charge in [0.25, 0.3) is 0 Å². The monoisotopic (exact) mass is 386 g/mol. The van der Waals surface area contributed by atoms with E-state index in [2.05, 4.69) is 10.2 Å². The number of nitrogens with one attached hydrogen (secondary N) is 2. The van der Waals surface area contributed by atoms with Gasteiger partial charge in [-0.3, -0.25) is 15.0 Å². The molecule has 0 bridgehead atoms. The van der Waals surface area contributed by atoms with Gasteiger partial charge in [-0.25, -0.2) is 0 Å². The molecule has 1 aromatic carbocycles. The van der Waals surface area contributed by atoms with Crippen LogP contribution in [-0.4, -0.2) is 42.5 Å². The van der Waals surface area contributed by atoms with Gasteiger partial charge in [-0.05, 0) is 68.2 Å². The smallest absolute Gasteiger partial charge is 0.305 e. The molecule has 1 saturated heterocycles. The first-order valence-corrected chi connectivity index (χ1v) is 10.1. The molecule has 2 fully saturated rings. The summed E-state index contributed by atoms with van der Waals surface area (Å²) in [5.74, 6) is -0.755. The zero-order valence-corrected chi connectivity index (χ0v) is 16.2. The van der Waals surface area contributed by atoms with Crippen molar-refractivity contribution in [3.63, 3.8) is 0 Å². The number of hydrogen-bond acceptors (Lipinski definition) is 4. The Morgan fingerprint density at radius 1 is 1.14 bits per heavy atom. The molecule has 1 saturated carbocycles. The van der Waals surface area contributed by atoms with Gasteiger partial charge in [-0.1, -0.05) is 0 Å². The summed E-state index contributed by atoms with van der Waals surface area (Å²) in [5.41, 5.74) is 7.78. The third kappa shape index (κ3) is 4.82. The van der Waals surface area contributed by atoms with E-state index in [9.17, 15) is 9.59 Å². The number of benzene rings is 1. The summed E-state index contributed by atoms with van der Waals surface area (Å²) in [6.07, 6.45) is 6.18. The molecule has 1 heterocycles. The number of nitrogen functional groups attached to an aromatic ring is 1. The number of anilines is 1. The van der Waals surface area contributed by atoms with E-state index in [4.69, 9.17) is 16.2 Å². The fourth-order valence-corrected chi connectivity index (χ4v) is 4.52. The highest BCUT2D eigenvalue weighted by Crippen LogP contribution is 2.46. The van der Waals surface area contributed by atoms with Crippen molar-refractivity contribution in [1.82, 2.24) is 5.32 Å². The number of carboxylic acids is 1. The van der Waals surface area contributed by atoms with E-state index >= 15 is 0 Å². The molecular weight excluding hydrogens is 356 g/mol. The Morgan fingerprint density at radius 3 is 2.29 bits per heavy atom. The molecule has 0 aromatic heterocycles. The highest BCUT2D eigenvalue weighted by molar-refractivity contribution is 5.95. The summed E-state index contributed by atoms with van der Waals surface area (Å²) >= 11 is 0. The molecule has 7 heteroatoms. The van der Waals surface area contributed by atoms with Gasteiger partial charge in [0, 0.05) is 36.8 Å². The Hall–Kier alpha value is -2.57. The Morgan fingerprint density at radius 2 is 1.75 bits per heavy atom. The number of nitrogens with two attached hydrogens (primary N) is 1. The number of carbonyl (C=O) groups is 2. The van der Waals surface area contributed by atoms with Crippen LogP contribution >= 0.6 is 0 Å². The number of rotatable bonds is 6. The average molecular weight is 386 g/mol. The number of carboxylic acid groups (broad SMARTS) is 1. The summed E-state index contributed by atoms with van der Waals surface area (Å²) in [6.45, 7) is 2.23. The maximum atomic E-state index is 12.2. The Bertz CT molecular complexity index is 714. The number of amidine groups is 1. The molecule has 1 spiro atoms. The van der Waals surface area contributed by atoms with Crippen molar-refractivity contribution >= 4 is 23.4 Å². The second-order valence-electron chi connectivity index (χ2n) is 8.16. The standard InChI is InChI=1S/C21H30N4O3/c22-19(23)15-1-3-17(4-2-15)25-13-10-21(11-14-25)8-5-16(6-9-21)20(28)24-12-7-18(26)27/h1-4,16H,5-14H2,(H3,22,23)(H,24,28)(H,26,27). The summed E-state index contributed by atoms with van der Waals surface area (Å²) in [4.78, 5) is 25.2. The molecule has 0 unspecified atom stereocenters. The highest BCUT2D eigenvalue weighted by Gasteiger charge is 2.39. The molecule has 28 heavy (non-hydrogen) atoms. The molecule has 1 amide bonds. The van der Waals surface area contributed by atoms with Gasteiger partial charge in [0.2, 0.25) is 5.91 Å². The minimum absolute atomic E-state index is 0.0131. The summed E-state index contributed by atoms with van der Waals surface area (Å²) < 4.78 is 0. The topological polar surface area (TPSA) is 120 Å². The van der Waals surface area contributed by atoms with Gasteiger partial charge >= 0.3 is 5.97 Å². The summed E-state index contributed by atoms with van der Waals surface area (Å²) in [7, 11) is 0. The molecule has 1 aromatic rings. The predicted molar refractivity (Wildman–Crippen MR) is 109 cm³/mol. The normalized spacial score (nSPS) is 19.4. The molecule has 7 nitrogen and oxygen atoms in total. The largest absolute Gasteiger partial charge is 0.481 e. The maximum absolute atomic E-state index is 12.2. The van der Waals surface area contributed by atoms with Crippen LogP contribution in [0.4, 0.5) is 5.69 Å². The van der Waals surface area contributed by atoms with Gasteiger partial charge in [-0.15, -0.1) is 0 Å². The molecule has 152 valence electrons. The van der Waals surface area contributed by atoms with Crippen molar-refractivity contribution in [1.29, 1.82) is 5.41 Å². The van der Waals surface area contributed by atoms with Crippen LogP contribution in [0, 0.1) is 16.7 Å². The van der Waals surface area contributed by atoms with Crippen molar-refractivity contribution in [3.05, 3.63) is 29.8 Å². The van der Waals surface area contributed by atoms with E-state index in [0.29, 0.717) is 5.41 Å². The second kappa shape index (κ2) is 8.63. The van der Waals surface area contributed by atoms with Crippen LogP contribution in [0.15, 0.2) is 24.3 Å². The molecule has 3 rings (SSSR count). The third-order valence-corrected chi connectivity index (χ3v) is 6.42. The second-order valence-corrected chi connectivity index (χ2v) is 8.16. The number of piperidine rings is 1. The maximum Gasteiger partial charge on any atom is 0.305 e. The molecule has 5 N–H and O–H groups in total. The van der Waals surface area contributed by atoms with Crippen molar-refractivity contribution in [3.8, 4) is 0 Å². The fourth-order valence-electron chi connectivity index (χ4n) is 4.52. The first-order chi connectivity index (χ1) is 13.4. The van der Waals surface area contributed by atoms with E-state index in [-0.39, 0.29) is 30.6 Å². The van der Waals surface area contributed by atoms with Crippen LogP contribution < -0.4 is 16.0 Å². The van der Waals surface area contributed by atoms with Crippen molar-refractivity contribution in [2.24, 2.45) is 17.1 Å². The minimum atomic E-state index is -0.884. The fraction of sp³-hybridized carbons (Fsp3) is 0.571. The summed E-state index contributed by atoms with van der Waals surface area (Å²) in [5, 5.41) is 18.9. The first kappa shape index (κ1) is 20.2. The molecule has 0 radical (unpaired) electrons. The van der Waals surface area contributed by atoms with Gasteiger partial charge in [-0.2, -0.15) is 0 Å². The van der Waals surface area contributed by atoms with Gasteiger partial charge in [0.15, 0.2) is 0 Å². The van der Waals surface area contributed by atoms with Crippen molar-refractivity contribution in [2.45, 2.75) is 44.9 Å². The van der Waals surface area contributed by atoms with Crippen molar-refractivity contribution < 1.29 is 14.7 Å². The SMILES string of the molecule is N=C(N)c1ccc(N2CCC3(CCC(C(=O)NCCC(=O)O)CC3)CC2)cc1. The zero-order valence-electron chi connectivity index (χ0n) is 16.2. The molecule has 2 aliphatic rings. The first-order valence-electron chi connectivity index (χ1n) is 10.1. The molecular formula is C21H30N4O3. The van der Waals surface area contributed by atoms with Crippen LogP contribution in [0.2, 0.25) is 0 Å². The van der Waals surface area contributed by atoms with Crippen LogP contribution in [-0.2, 0) is 9.59 Å². The van der Waals surface area contributed by atoms with Gasteiger partial charge < -0.3 is 21.1 Å². The van der Waals surface area contributed by atoms with Crippen LogP contribution in [0.3, 0.4) is 0 Å². The number of carbonyl (C=O) groups excluding carboxylic acids is 1. The van der Waals surface area contributed by atoms with Gasteiger partial charge in [0.05, 0.1) is 6.42 Å². The van der Waals surface area contributed by atoms with Crippen LogP contribution in [0.1, 0.15) is 50.5 Å². The lowest BCUT2D eigenvalue weighted by molar-refractivity contribution is -0.137. The molecule has 0 atom stereocenters. The van der Waals surface area contributed by atoms with E-state index in [1.807, 2.05) is 24.3 Å². The molecule has 1 aliphatic carbocycles. The number of aliphatic carboxylic acids is 1. The average Bonchev–Trinajstić information content (AvgIpc) is 2.69. The lowest BCUT2D eigenvalue weighted by atomic mass is 9.65. The number of amides is 1. The van der Waals surface area contributed by atoms with Gasteiger partial charge in [0.1, 0.15) is 5.84 Å². The van der Waals surface area contributed by atoms with E-state index in [1.54, 1.807) is 0 Å². The van der Waals surface area contributed by atoms with E-state index in [1.165, 1.54) is 5.69 Å². The third-order valence-electron chi connectivity index (χ3n) is 6.42. The highest BCUT2D eigenvalue weighted by atomic mass is 16.4. The molecule has 1 aliphatic heterocycles. The lowest BCUT2D eigenvalue weighted by Gasteiger charge is -2.46. The summed E-state index contributed by atoms with van der Waals surface area (Å²) in [6, 6.07) is 7.87. The van der Waals surface area contributed by atoms with Crippen LogP contribution in [0.5, 0.6) is 0 Å². The number of hydrogen-bond donors (Lipinski definition) is 4.